The van der Waals surface area contributed by atoms with Crippen LogP contribution in [0.2, 0.25) is 0 Å². The SMILES string of the molecule is C=C(C)C(=O)OC(F)C(C)F. The molecular weight excluding hydrogens is 154 g/mol. The lowest BCUT2D eigenvalue weighted by atomic mass is 10.3. The predicted octanol–water partition coefficient (Wildman–Crippen LogP) is 1.76. The zero-order chi connectivity index (χ0) is 9.02. The van der Waals surface area contributed by atoms with Gasteiger partial charge < -0.3 is 4.74 Å². The molecule has 0 radical (unpaired) electrons. The Bertz CT molecular complexity index is 166. The highest BCUT2D eigenvalue weighted by atomic mass is 19.2. The molecule has 0 aliphatic carbocycles. The maximum atomic E-state index is 12.3. The zero-order valence-electron chi connectivity index (χ0n) is 6.43. The highest BCUT2D eigenvalue weighted by Gasteiger charge is 2.19. The molecule has 11 heavy (non-hydrogen) atoms. The third kappa shape index (κ3) is 3.70. The number of hydrogen-bond donors (Lipinski definition) is 0. The monoisotopic (exact) mass is 164 g/mol. The zero-order valence-corrected chi connectivity index (χ0v) is 6.43. The van der Waals surface area contributed by atoms with Crippen LogP contribution in [0.3, 0.4) is 0 Å². The summed E-state index contributed by atoms with van der Waals surface area (Å²) in [5, 5.41) is 0. The van der Waals surface area contributed by atoms with E-state index in [0.717, 1.165) is 6.92 Å². The molecule has 0 saturated carbocycles. The summed E-state index contributed by atoms with van der Waals surface area (Å²) >= 11 is 0. The largest absolute Gasteiger partial charge is 0.425 e. The minimum atomic E-state index is -2.20. The first kappa shape index (κ1) is 10.1. The second-order valence-corrected chi connectivity index (χ2v) is 2.21. The number of rotatable bonds is 3. The molecule has 0 spiro atoms. The summed E-state index contributed by atoms with van der Waals surface area (Å²) in [5.41, 5.74) is 0.0494. The summed E-state index contributed by atoms with van der Waals surface area (Å²) in [6, 6.07) is 0. The van der Waals surface area contributed by atoms with Gasteiger partial charge in [0.25, 0.3) is 6.36 Å². The van der Waals surface area contributed by atoms with Gasteiger partial charge in [-0.05, 0) is 13.8 Å². The molecule has 2 unspecified atom stereocenters. The normalized spacial score (nSPS) is 15.3. The van der Waals surface area contributed by atoms with E-state index in [2.05, 4.69) is 11.3 Å². The molecule has 0 amide bonds. The lowest BCUT2D eigenvalue weighted by Gasteiger charge is -2.09. The van der Waals surface area contributed by atoms with E-state index in [1.165, 1.54) is 6.92 Å². The van der Waals surface area contributed by atoms with Crippen LogP contribution in [0.1, 0.15) is 13.8 Å². The van der Waals surface area contributed by atoms with Crippen LogP contribution in [0, 0.1) is 0 Å². The van der Waals surface area contributed by atoms with Gasteiger partial charge in [0, 0.05) is 5.57 Å². The topological polar surface area (TPSA) is 26.3 Å². The van der Waals surface area contributed by atoms with E-state index in [-0.39, 0.29) is 5.57 Å². The Balaban J connectivity index is 3.85. The number of esters is 1. The molecule has 0 fully saturated rings. The second kappa shape index (κ2) is 4.05. The summed E-state index contributed by atoms with van der Waals surface area (Å²) in [5.74, 6) is -0.915. The van der Waals surface area contributed by atoms with E-state index in [4.69, 9.17) is 0 Å². The molecule has 2 nitrogen and oxygen atoms in total. The first-order chi connectivity index (χ1) is 4.95. The smallest absolute Gasteiger partial charge is 0.335 e. The number of halogens is 2. The van der Waals surface area contributed by atoms with Crippen molar-refractivity contribution < 1.29 is 18.3 Å². The van der Waals surface area contributed by atoms with Crippen LogP contribution in [0.15, 0.2) is 12.2 Å². The van der Waals surface area contributed by atoms with Crippen LogP contribution >= 0.6 is 0 Å². The van der Waals surface area contributed by atoms with Crippen molar-refractivity contribution in [1.82, 2.24) is 0 Å². The predicted molar refractivity (Wildman–Crippen MR) is 36.4 cm³/mol. The van der Waals surface area contributed by atoms with Crippen molar-refractivity contribution in [3.63, 3.8) is 0 Å². The molecule has 0 aromatic carbocycles. The van der Waals surface area contributed by atoms with E-state index in [9.17, 15) is 13.6 Å². The van der Waals surface area contributed by atoms with E-state index >= 15 is 0 Å². The average molecular weight is 164 g/mol. The minimum Gasteiger partial charge on any atom is -0.425 e. The fourth-order valence-corrected chi connectivity index (χ4v) is 0.297. The van der Waals surface area contributed by atoms with Gasteiger partial charge >= 0.3 is 5.97 Å². The van der Waals surface area contributed by atoms with Crippen molar-refractivity contribution in [3.05, 3.63) is 12.2 Å². The van der Waals surface area contributed by atoms with Crippen molar-refractivity contribution in [2.45, 2.75) is 26.4 Å². The lowest BCUT2D eigenvalue weighted by Crippen LogP contribution is -2.21. The first-order valence-electron chi connectivity index (χ1n) is 3.09. The number of ether oxygens (including phenoxy) is 1. The fraction of sp³-hybridized carbons (Fsp3) is 0.571. The van der Waals surface area contributed by atoms with Crippen molar-refractivity contribution in [2.24, 2.45) is 0 Å². The van der Waals surface area contributed by atoms with Gasteiger partial charge in [0.2, 0.25) is 0 Å². The van der Waals surface area contributed by atoms with Crippen LogP contribution in [-0.4, -0.2) is 18.5 Å². The summed E-state index contributed by atoms with van der Waals surface area (Å²) in [6.45, 7) is 5.53. The highest BCUT2D eigenvalue weighted by Crippen LogP contribution is 2.06. The molecule has 0 aliphatic heterocycles. The molecule has 0 heterocycles. The molecule has 2 atom stereocenters. The van der Waals surface area contributed by atoms with Crippen LogP contribution < -0.4 is 0 Å². The van der Waals surface area contributed by atoms with Crippen LogP contribution in [0.5, 0.6) is 0 Å². The third-order valence-corrected chi connectivity index (χ3v) is 0.929. The van der Waals surface area contributed by atoms with Gasteiger partial charge in [-0.25, -0.2) is 9.18 Å². The molecular formula is C7H10F2O2. The Kier molecular flexibility index (Phi) is 3.71. The number of hydrogen-bond acceptors (Lipinski definition) is 2. The number of alkyl halides is 2. The molecule has 64 valence electrons. The Labute approximate surface area is 63.8 Å². The second-order valence-electron chi connectivity index (χ2n) is 2.21. The van der Waals surface area contributed by atoms with Crippen LogP contribution in [0.25, 0.3) is 0 Å². The minimum absolute atomic E-state index is 0.0494. The Hall–Kier alpha value is -0.930. The molecule has 0 aromatic heterocycles. The van der Waals surface area contributed by atoms with Gasteiger partial charge in [-0.2, -0.15) is 4.39 Å². The first-order valence-corrected chi connectivity index (χ1v) is 3.09. The highest BCUT2D eigenvalue weighted by molar-refractivity contribution is 5.87. The Morgan fingerprint density at radius 3 is 2.27 bits per heavy atom. The Morgan fingerprint density at radius 2 is 2.00 bits per heavy atom. The molecule has 0 rings (SSSR count). The summed E-state index contributed by atoms with van der Waals surface area (Å²) in [6.07, 6.45) is -4.00. The van der Waals surface area contributed by atoms with Crippen molar-refractivity contribution >= 4 is 5.97 Å². The van der Waals surface area contributed by atoms with Crippen molar-refractivity contribution in [3.8, 4) is 0 Å². The van der Waals surface area contributed by atoms with Crippen molar-refractivity contribution in [1.29, 1.82) is 0 Å². The quantitative estimate of drug-likeness (QED) is 0.469. The van der Waals surface area contributed by atoms with Gasteiger partial charge in [-0.1, -0.05) is 6.58 Å². The van der Waals surface area contributed by atoms with E-state index in [0.29, 0.717) is 0 Å². The summed E-state index contributed by atoms with van der Waals surface area (Å²) < 4.78 is 28.3. The number of carbonyl (C=O) groups excluding carboxylic acids is 1. The molecule has 0 saturated heterocycles. The standard InChI is InChI=1S/C7H10F2O2/c1-4(2)7(10)11-6(9)5(3)8/h5-6H,1H2,2-3H3. The molecule has 0 aliphatic rings. The lowest BCUT2D eigenvalue weighted by molar-refractivity contribution is -0.158. The van der Waals surface area contributed by atoms with Gasteiger partial charge in [-0.15, -0.1) is 0 Å². The van der Waals surface area contributed by atoms with Gasteiger partial charge in [-0.3, -0.25) is 0 Å². The van der Waals surface area contributed by atoms with Gasteiger partial charge in [0.05, 0.1) is 0 Å². The number of carbonyl (C=O) groups is 1. The summed E-state index contributed by atoms with van der Waals surface area (Å²) in [4.78, 5) is 10.5. The maximum Gasteiger partial charge on any atom is 0.335 e. The molecule has 4 heteroatoms. The van der Waals surface area contributed by atoms with Gasteiger partial charge in [0.1, 0.15) is 0 Å². The summed E-state index contributed by atoms with van der Waals surface area (Å²) in [7, 11) is 0. The van der Waals surface area contributed by atoms with E-state index in [1.807, 2.05) is 0 Å². The maximum absolute atomic E-state index is 12.3. The third-order valence-electron chi connectivity index (χ3n) is 0.929. The molecule has 0 aromatic rings. The molecule has 0 bridgehead atoms. The van der Waals surface area contributed by atoms with Gasteiger partial charge in [0.15, 0.2) is 6.17 Å². The van der Waals surface area contributed by atoms with E-state index < -0.39 is 18.5 Å². The fourth-order valence-electron chi connectivity index (χ4n) is 0.297. The van der Waals surface area contributed by atoms with Crippen LogP contribution in [0.4, 0.5) is 8.78 Å². The van der Waals surface area contributed by atoms with Crippen LogP contribution in [-0.2, 0) is 9.53 Å². The average Bonchev–Trinajstić information content (AvgIpc) is 1.87. The molecule has 0 N–H and O–H groups in total. The Morgan fingerprint density at radius 1 is 1.55 bits per heavy atom. The van der Waals surface area contributed by atoms with E-state index in [1.54, 1.807) is 0 Å². The van der Waals surface area contributed by atoms with Crippen molar-refractivity contribution in [2.75, 3.05) is 0 Å².